The molecule has 1 rings (SSSR count). The summed E-state index contributed by atoms with van der Waals surface area (Å²) in [4.78, 5) is 37.6. The molecule has 1 unspecified atom stereocenters. The van der Waals surface area contributed by atoms with E-state index >= 15 is 0 Å². The number of hydrogen-bond acceptors (Lipinski definition) is 6. The van der Waals surface area contributed by atoms with Gasteiger partial charge in [0.25, 0.3) is 0 Å². The van der Waals surface area contributed by atoms with E-state index in [1.165, 1.54) is 6.42 Å². The zero-order valence-electron chi connectivity index (χ0n) is 13.1. The van der Waals surface area contributed by atoms with Crippen LogP contribution in [0.4, 0.5) is 0 Å². The van der Waals surface area contributed by atoms with E-state index in [1.807, 2.05) is 0 Å². The fourth-order valence-corrected chi connectivity index (χ4v) is 2.59. The van der Waals surface area contributed by atoms with Crippen LogP contribution in [0, 0.1) is 5.92 Å². The number of unbranched alkanes of at least 4 members (excludes halogenated alkanes) is 8. The van der Waals surface area contributed by atoms with E-state index in [0.717, 1.165) is 51.2 Å². The Bertz CT molecular complexity index is 358. The number of hydroxylamine groups is 1. The van der Waals surface area contributed by atoms with Gasteiger partial charge in [0, 0.05) is 12.8 Å². The Morgan fingerprint density at radius 2 is 1.73 bits per heavy atom. The van der Waals surface area contributed by atoms with E-state index in [0.29, 0.717) is 12.8 Å². The SMILES string of the molecule is O=CCCCCCCCCCCC(=O)C(CO)[C@@H]1NOC1=O. The average Bonchev–Trinajstić information content (AvgIpc) is 2.52. The van der Waals surface area contributed by atoms with E-state index in [-0.39, 0.29) is 12.4 Å². The number of ketones is 1. The highest BCUT2D eigenvalue weighted by Gasteiger charge is 2.41. The first-order chi connectivity index (χ1) is 10.7. The minimum atomic E-state index is -0.681. The molecule has 0 aromatic rings. The Balaban J connectivity index is 1.98. The van der Waals surface area contributed by atoms with Gasteiger partial charge in [-0.05, 0) is 12.8 Å². The van der Waals surface area contributed by atoms with Crippen molar-refractivity contribution < 1.29 is 24.3 Å². The van der Waals surface area contributed by atoms with Crippen molar-refractivity contribution >= 4 is 18.0 Å². The zero-order valence-corrected chi connectivity index (χ0v) is 13.1. The molecule has 1 aliphatic heterocycles. The Kier molecular flexibility index (Phi) is 9.66. The molecule has 0 bridgehead atoms. The molecule has 1 saturated heterocycles. The highest BCUT2D eigenvalue weighted by molar-refractivity contribution is 5.90. The lowest BCUT2D eigenvalue weighted by molar-refractivity contribution is -0.187. The molecule has 0 aliphatic carbocycles. The summed E-state index contributed by atoms with van der Waals surface area (Å²) in [5, 5.41) is 9.22. The van der Waals surface area contributed by atoms with Crippen LogP contribution in [0.5, 0.6) is 0 Å². The van der Waals surface area contributed by atoms with Crippen LogP contribution < -0.4 is 5.48 Å². The van der Waals surface area contributed by atoms with Gasteiger partial charge in [0.05, 0.1) is 12.5 Å². The molecule has 22 heavy (non-hydrogen) atoms. The zero-order chi connectivity index (χ0) is 16.2. The van der Waals surface area contributed by atoms with Gasteiger partial charge in [-0.25, -0.2) is 4.79 Å². The average molecular weight is 313 g/mol. The Hall–Kier alpha value is -1.27. The van der Waals surface area contributed by atoms with E-state index in [1.54, 1.807) is 0 Å². The summed E-state index contributed by atoms with van der Waals surface area (Å²) >= 11 is 0. The van der Waals surface area contributed by atoms with E-state index < -0.39 is 17.9 Å². The second kappa shape index (κ2) is 11.3. The number of aldehydes is 1. The third kappa shape index (κ3) is 6.66. The summed E-state index contributed by atoms with van der Waals surface area (Å²) in [7, 11) is 0. The Morgan fingerprint density at radius 3 is 2.18 bits per heavy atom. The number of carbonyl (C=O) groups is 3. The smallest absolute Gasteiger partial charge is 0.346 e. The van der Waals surface area contributed by atoms with Crippen molar-refractivity contribution in [2.75, 3.05) is 6.61 Å². The van der Waals surface area contributed by atoms with Gasteiger partial charge in [-0.2, -0.15) is 0 Å². The van der Waals surface area contributed by atoms with Crippen LogP contribution >= 0.6 is 0 Å². The number of rotatable bonds is 14. The molecule has 2 atom stereocenters. The van der Waals surface area contributed by atoms with E-state index in [2.05, 4.69) is 10.3 Å². The molecular formula is C16H27NO5. The molecule has 1 aliphatic rings. The van der Waals surface area contributed by atoms with Crippen molar-refractivity contribution in [3.8, 4) is 0 Å². The first-order valence-corrected chi connectivity index (χ1v) is 8.24. The fraction of sp³-hybridized carbons (Fsp3) is 0.812. The predicted molar refractivity (Wildman–Crippen MR) is 80.8 cm³/mol. The molecule has 0 amide bonds. The lowest BCUT2D eigenvalue weighted by Crippen LogP contribution is -2.58. The normalized spacial score (nSPS) is 18.4. The first-order valence-electron chi connectivity index (χ1n) is 8.24. The molecule has 0 aromatic carbocycles. The molecular weight excluding hydrogens is 286 g/mol. The van der Waals surface area contributed by atoms with Crippen LogP contribution in [-0.2, 0) is 19.2 Å². The Labute approximate surface area is 131 Å². The predicted octanol–water partition coefficient (Wildman–Crippen LogP) is 1.69. The van der Waals surface area contributed by atoms with Crippen LogP contribution in [0.2, 0.25) is 0 Å². The first kappa shape index (κ1) is 18.8. The number of Topliss-reactive ketones (excluding diaryl/α,β-unsaturated/α-hetero) is 1. The monoisotopic (exact) mass is 313 g/mol. The van der Waals surface area contributed by atoms with Crippen LogP contribution in [0.3, 0.4) is 0 Å². The molecule has 6 nitrogen and oxygen atoms in total. The summed E-state index contributed by atoms with van der Waals surface area (Å²) in [6, 6.07) is -0.677. The van der Waals surface area contributed by atoms with Gasteiger partial charge in [0.2, 0.25) is 0 Å². The molecule has 0 saturated carbocycles. The van der Waals surface area contributed by atoms with Crippen LogP contribution in [0.1, 0.15) is 64.2 Å². The molecule has 6 heteroatoms. The molecule has 0 radical (unpaired) electrons. The lowest BCUT2D eigenvalue weighted by atomic mass is 9.92. The van der Waals surface area contributed by atoms with Crippen LogP contribution in [0.15, 0.2) is 0 Å². The quantitative estimate of drug-likeness (QED) is 0.374. The van der Waals surface area contributed by atoms with Crippen LogP contribution in [-0.4, -0.2) is 35.8 Å². The maximum Gasteiger partial charge on any atom is 0.346 e. The van der Waals surface area contributed by atoms with Gasteiger partial charge in [-0.1, -0.05) is 38.5 Å². The third-order valence-corrected chi connectivity index (χ3v) is 4.05. The second-order valence-corrected chi connectivity index (χ2v) is 5.81. The van der Waals surface area contributed by atoms with Gasteiger partial charge >= 0.3 is 5.97 Å². The molecule has 0 spiro atoms. The number of hydrogen-bond donors (Lipinski definition) is 2. The van der Waals surface area contributed by atoms with Crippen molar-refractivity contribution in [1.29, 1.82) is 0 Å². The van der Waals surface area contributed by atoms with Gasteiger partial charge in [-0.15, -0.1) is 5.48 Å². The molecule has 1 fully saturated rings. The number of nitrogens with one attached hydrogen (secondary N) is 1. The second-order valence-electron chi connectivity index (χ2n) is 5.81. The van der Waals surface area contributed by atoms with Crippen molar-refractivity contribution in [3.63, 3.8) is 0 Å². The van der Waals surface area contributed by atoms with Crippen LogP contribution in [0.25, 0.3) is 0 Å². The van der Waals surface area contributed by atoms with E-state index in [4.69, 9.17) is 0 Å². The summed E-state index contributed by atoms with van der Waals surface area (Å²) in [5.74, 6) is -1.23. The minimum absolute atomic E-state index is 0.0782. The van der Waals surface area contributed by atoms with Gasteiger partial charge in [-0.3, -0.25) is 4.79 Å². The van der Waals surface area contributed by atoms with Crippen molar-refractivity contribution in [3.05, 3.63) is 0 Å². The largest absolute Gasteiger partial charge is 0.396 e. The number of carbonyl (C=O) groups excluding carboxylic acids is 3. The highest BCUT2D eigenvalue weighted by atomic mass is 16.7. The summed E-state index contributed by atoms with van der Waals surface area (Å²) in [6.45, 7) is -0.327. The molecule has 1 heterocycles. The summed E-state index contributed by atoms with van der Waals surface area (Å²) in [5.41, 5.74) is 2.41. The minimum Gasteiger partial charge on any atom is -0.396 e. The standard InChI is InChI=1S/C16H27NO5/c18-11-9-7-5-3-1-2-4-6-8-10-14(20)13(12-19)15-16(21)22-17-15/h11,13,15,17,19H,1-10,12H2/t13?,15-/m0/s1. The number of aliphatic hydroxyl groups is 1. The van der Waals surface area contributed by atoms with Gasteiger partial charge < -0.3 is 14.7 Å². The van der Waals surface area contributed by atoms with Gasteiger partial charge in [0.1, 0.15) is 12.1 Å². The Morgan fingerprint density at radius 1 is 1.14 bits per heavy atom. The third-order valence-electron chi connectivity index (χ3n) is 4.05. The molecule has 2 N–H and O–H groups in total. The maximum absolute atomic E-state index is 12.0. The molecule has 126 valence electrons. The molecule has 0 aromatic heterocycles. The lowest BCUT2D eigenvalue weighted by Gasteiger charge is -2.30. The van der Waals surface area contributed by atoms with Crippen molar-refractivity contribution in [1.82, 2.24) is 5.48 Å². The topological polar surface area (TPSA) is 92.7 Å². The van der Waals surface area contributed by atoms with Gasteiger partial charge in [0.15, 0.2) is 6.04 Å². The van der Waals surface area contributed by atoms with Crippen molar-refractivity contribution in [2.24, 2.45) is 5.92 Å². The summed E-state index contributed by atoms with van der Waals surface area (Å²) in [6.07, 6.45) is 10.5. The van der Waals surface area contributed by atoms with E-state index in [9.17, 15) is 19.5 Å². The number of aliphatic hydroxyl groups excluding tert-OH is 1. The van der Waals surface area contributed by atoms with Crippen molar-refractivity contribution in [2.45, 2.75) is 70.3 Å². The maximum atomic E-state index is 12.0. The highest BCUT2D eigenvalue weighted by Crippen LogP contribution is 2.17. The summed E-state index contributed by atoms with van der Waals surface area (Å²) < 4.78 is 0. The fourth-order valence-electron chi connectivity index (χ4n) is 2.59.